The summed E-state index contributed by atoms with van der Waals surface area (Å²) < 4.78 is 23.6. The molecule has 0 spiro atoms. The van der Waals surface area contributed by atoms with Crippen molar-refractivity contribution in [3.63, 3.8) is 0 Å². The highest BCUT2D eigenvalue weighted by atomic mass is 127. The average Bonchev–Trinajstić information content (AvgIpc) is 2.97. The summed E-state index contributed by atoms with van der Waals surface area (Å²) in [5.41, 5.74) is 29.5. The Morgan fingerprint density at radius 2 is 1.04 bits per heavy atom. The highest BCUT2D eigenvalue weighted by Gasteiger charge is 2.07. The Hall–Kier alpha value is -0.790. The van der Waals surface area contributed by atoms with Gasteiger partial charge in [-0.3, -0.25) is 0 Å². The van der Waals surface area contributed by atoms with Gasteiger partial charge in [0.1, 0.15) is 19.7 Å². The maximum atomic E-state index is 10.9. The number of nitrogens with one attached hydrogen (secondary N) is 1. The first-order chi connectivity index (χ1) is 21.1. The van der Waals surface area contributed by atoms with Gasteiger partial charge in [0.25, 0.3) is 0 Å². The van der Waals surface area contributed by atoms with Gasteiger partial charge in [0, 0.05) is 64.6 Å². The predicted octanol–water partition coefficient (Wildman–Crippen LogP) is 9.22. The first kappa shape index (κ1) is 47.3. The lowest BCUT2D eigenvalue weighted by atomic mass is 10.3. The van der Waals surface area contributed by atoms with Crippen molar-refractivity contribution in [2.24, 2.45) is 0 Å². The van der Waals surface area contributed by atoms with Crippen molar-refractivity contribution >= 4 is 144 Å². The number of aryl methyl sites for hydroxylation is 4. The molecule has 0 saturated carbocycles. The van der Waals surface area contributed by atoms with Crippen LogP contribution in [-0.2, 0) is 8.87 Å². The van der Waals surface area contributed by atoms with Gasteiger partial charge in [0.15, 0.2) is 0 Å². The standard InChI is InChI=1S/C12H14N4S2.C7H10N2O2S2.C6H8N2S.CH2I2.CH3I.CH4/c1-7-5-15-11(3-9(7)13)17-18-12-4-10(14)8(2)6-16-12;1-5-4-9-7(3-6(5)8)12-13(2,10)11;1-4-3-8-6(9)2-5(4)7;2-1-3;1-2;/h3-6H,1-2H3,(H2,13,15)(H2,14,16);3-4H,1-2H3,(H2,8,9);2-3H,1H3,(H3,7,8,9);1H2;1H3;1H4. The van der Waals surface area contributed by atoms with Crippen LogP contribution in [0.5, 0.6) is 0 Å². The molecule has 0 radical (unpaired) electrons. The number of pyridine rings is 4. The molecule has 0 aromatic carbocycles. The molecular weight excluding hydrogens is 1020 g/mol. The molecule has 4 aromatic heterocycles. The molecule has 46 heavy (non-hydrogen) atoms. The second kappa shape index (κ2) is 25.2. The number of nitrogen functional groups attached to an aromatic ring is 4. The Bertz CT molecular complexity index is 1610. The van der Waals surface area contributed by atoms with Gasteiger partial charge in [-0.05, 0) is 101 Å². The maximum Gasteiger partial charge on any atom is 0.204 e. The fourth-order valence-electron chi connectivity index (χ4n) is 2.49. The fourth-order valence-corrected chi connectivity index (χ4v) is 6.24. The average molecular weight is 1060 g/mol. The van der Waals surface area contributed by atoms with E-state index in [2.05, 4.69) is 87.7 Å². The van der Waals surface area contributed by atoms with E-state index in [-0.39, 0.29) is 7.43 Å². The first-order valence-electron chi connectivity index (χ1n) is 12.4. The number of nitrogens with zero attached hydrogens (tertiary/aromatic N) is 3. The molecule has 0 amide bonds. The summed E-state index contributed by atoms with van der Waals surface area (Å²) in [4.78, 5) is 17.4. The van der Waals surface area contributed by atoms with Crippen LogP contribution in [0.15, 0.2) is 64.1 Å². The third-order valence-electron chi connectivity index (χ3n) is 4.98. The molecule has 4 rings (SSSR count). The zero-order chi connectivity index (χ0) is 34.7. The van der Waals surface area contributed by atoms with Gasteiger partial charge < -0.3 is 27.9 Å². The third-order valence-corrected chi connectivity index (χ3v) is 9.48. The molecule has 0 saturated heterocycles. The molecule has 0 fully saturated rings. The number of nitrogens with two attached hydrogens (primary N) is 4. The van der Waals surface area contributed by atoms with Crippen LogP contribution in [0.4, 0.5) is 22.7 Å². The van der Waals surface area contributed by atoms with Crippen molar-refractivity contribution in [1.29, 1.82) is 0 Å². The molecule has 10 nitrogen and oxygen atoms in total. The first-order valence-corrected chi connectivity index (χ1v) is 23.4. The molecule has 0 aliphatic rings. The number of hydrogen-bond acceptors (Lipinski definition) is 13. The summed E-state index contributed by atoms with van der Waals surface area (Å²) >= 11 is 11.5. The van der Waals surface area contributed by atoms with Crippen molar-refractivity contribution in [2.45, 2.75) is 50.2 Å². The van der Waals surface area contributed by atoms with Gasteiger partial charge in [0.05, 0.1) is 2.43 Å². The molecule has 0 atom stereocenters. The summed E-state index contributed by atoms with van der Waals surface area (Å²) in [7, 11) is 0.633. The quantitative estimate of drug-likeness (QED) is 0.0551. The fraction of sp³-hybridized carbons (Fsp3) is 0.286. The van der Waals surface area contributed by atoms with E-state index in [1.807, 2.05) is 44.8 Å². The summed E-state index contributed by atoms with van der Waals surface area (Å²) in [5, 5.41) is 2.14. The van der Waals surface area contributed by atoms with E-state index in [4.69, 9.17) is 35.2 Å². The highest BCUT2D eigenvalue weighted by molar-refractivity contribution is 14.2. The monoisotopic (exact) mass is 1060 g/mol. The lowest BCUT2D eigenvalue weighted by molar-refractivity contribution is 0.615. The van der Waals surface area contributed by atoms with Gasteiger partial charge >= 0.3 is 0 Å². The Morgan fingerprint density at radius 1 is 0.717 bits per heavy atom. The largest absolute Gasteiger partial charge is 0.398 e. The van der Waals surface area contributed by atoms with Crippen molar-refractivity contribution < 1.29 is 8.42 Å². The Labute approximate surface area is 331 Å². The van der Waals surface area contributed by atoms with E-state index in [1.165, 1.54) is 24.0 Å². The predicted molar refractivity (Wildman–Crippen MR) is 233 cm³/mol. The van der Waals surface area contributed by atoms with Crippen LogP contribution >= 0.6 is 112 Å². The number of H-pyrrole nitrogens is 1. The number of aromatic nitrogens is 4. The summed E-state index contributed by atoms with van der Waals surface area (Å²) in [6.45, 7) is 7.62. The zero-order valence-electron chi connectivity index (χ0n) is 25.5. The Balaban J connectivity index is 0. The number of aromatic amines is 1. The molecule has 256 valence electrons. The molecule has 0 aliphatic heterocycles. The van der Waals surface area contributed by atoms with Crippen molar-refractivity contribution in [1.82, 2.24) is 19.9 Å². The van der Waals surface area contributed by atoms with Crippen LogP contribution in [0.1, 0.15) is 29.7 Å². The Morgan fingerprint density at radius 3 is 1.35 bits per heavy atom. The highest BCUT2D eigenvalue weighted by Crippen LogP contribution is 2.36. The number of alkyl halides is 3. The van der Waals surface area contributed by atoms with Crippen LogP contribution in [0.25, 0.3) is 0 Å². The zero-order valence-corrected chi connectivity index (χ0v) is 36.0. The van der Waals surface area contributed by atoms with E-state index in [1.54, 1.807) is 36.9 Å². The van der Waals surface area contributed by atoms with Crippen LogP contribution < -0.4 is 22.9 Å². The number of anilines is 4. The van der Waals surface area contributed by atoms with Crippen LogP contribution in [-0.4, -0.2) is 42.0 Å². The molecule has 18 heteroatoms. The third kappa shape index (κ3) is 20.5. The SMILES string of the molecule is C.CI.Cc1c[nH]c(=S)cc1N.Cc1cnc(SS(C)(=O)=O)cc1N.Cc1cnc(SSc2cc(N)c(C)cn2)cc1N.ICI. The van der Waals surface area contributed by atoms with Gasteiger partial charge in [-0.2, -0.15) is 0 Å². The molecule has 4 aromatic rings. The van der Waals surface area contributed by atoms with Gasteiger partial charge in [-0.25, -0.2) is 23.4 Å². The topological polar surface area (TPSA) is 193 Å². The Kier molecular flexibility index (Phi) is 25.9. The van der Waals surface area contributed by atoms with Gasteiger partial charge in [-0.1, -0.05) is 87.4 Å². The molecule has 0 aliphatic carbocycles. The van der Waals surface area contributed by atoms with Crippen molar-refractivity contribution in [3.8, 4) is 0 Å². The van der Waals surface area contributed by atoms with Crippen molar-refractivity contribution in [3.05, 3.63) is 75.9 Å². The van der Waals surface area contributed by atoms with E-state index >= 15 is 0 Å². The molecule has 0 unspecified atom stereocenters. The minimum Gasteiger partial charge on any atom is -0.398 e. The second-order valence-electron chi connectivity index (χ2n) is 8.63. The lowest BCUT2D eigenvalue weighted by Gasteiger charge is -2.04. The van der Waals surface area contributed by atoms with Crippen molar-refractivity contribution in [2.75, 3.05) is 36.6 Å². The van der Waals surface area contributed by atoms with E-state index < -0.39 is 8.87 Å². The smallest absolute Gasteiger partial charge is 0.204 e. The van der Waals surface area contributed by atoms with E-state index in [9.17, 15) is 8.42 Å². The van der Waals surface area contributed by atoms with Crippen LogP contribution in [0.2, 0.25) is 0 Å². The minimum absolute atomic E-state index is 0. The second-order valence-corrected chi connectivity index (χ2v) is 20.0. The number of rotatable bonds is 5. The van der Waals surface area contributed by atoms with Gasteiger partial charge in [-0.15, -0.1) is 0 Å². The van der Waals surface area contributed by atoms with E-state index in [0.29, 0.717) is 26.1 Å². The molecule has 9 N–H and O–H groups in total. The van der Waals surface area contributed by atoms with Crippen LogP contribution in [0, 0.1) is 32.3 Å². The minimum atomic E-state index is -3.11. The summed E-state index contributed by atoms with van der Waals surface area (Å²) in [6.07, 6.45) is 8.04. The maximum absolute atomic E-state index is 10.9. The summed E-state index contributed by atoms with van der Waals surface area (Å²) in [5.74, 6) is 0. The molecule has 0 bridgehead atoms. The normalized spacial score (nSPS) is 9.76. The molecule has 4 heterocycles. The van der Waals surface area contributed by atoms with Gasteiger partial charge in [0.2, 0.25) is 8.87 Å². The summed E-state index contributed by atoms with van der Waals surface area (Å²) in [6, 6.07) is 7.03. The van der Waals surface area contributed by atoms with Crippen LogP contribution in [0.3, 0.4) is 0 Å². The van der Waals surface area contributed by atoms with E-state index in [0.717, 1.165) is 55.6 Å². The number of hydrogen-bond donors (Lipinski definition) is 5. The molecular formula is C28H41I3N8O2S5. The number of halogens is 3. The lowest BCUT2D eigenvalue weighted by Crippen LogP contribution is -1.94.